The average molecular weight is 619 g/mol. The van der Waals surface area contributed by atoms with Crippen LogP contribution in [-0.4, -0.2) is 71.7 Å². The molecule has 3 rings (SSSR count). The number of carbonyl (C=O) groups is 1. The molecule has 202 valence electrons. The number of hydrogen-bond acceptors (Lipinski definition) is 8. The molecule has 0 bridgehead atoms. The fourth-order valence-corrected chi connectivity index (χ4v) is 6.23. The Kier molecular flexibility index (Phi) is 10.4. The highest BCUT2D eigenvalue weighted by atomic mass is 127. The lowest BCUT2D eigenvalue weighted by atomic mass is 9.48. The number of hydrogen-bond donors (Lipinski definition) is 0. The van der Waals surface area contributed by atoms with Crippen molar-refractivity contribution in [3.05, 3.63) is 39.5 Å². The summed E-state index contributed by atoms with van der Waals surface area (Å²) in [4.78, 5) is 12.5. The Hall–Kier alpha value is -1.08. The summed E-state index contributed by atoms with van der Waals surface area (Å²) < 4.78 is 42.4. The van der Waals surface area contributed by atoms with Crippen LogP contribution in [0.25, 0.3) is 0 Å². The molecule has 1 saturated heterocycles. The molecule has 1 aliphatic carbocycles. The van der Waals surface area contributed by atoms with Gasteiger partial charge in [0.15, 0.2) is 12.6 Å². The number of methoxy groups -OCH3 is 4. The number of aldehydes is 1. The quantitative estimate of drug-likeness (QED) is 0.171. The van der Waals surface area contributed by atoms with E-state index in [1.54, 1.807) is 28.4 Å². The first-order valence-electron chi connectivity index (χ1n) is 12.1. The maximum absolute atomic E-state index is 12.5. The Morgan fingerprint density at radius 1 is 1.17 bits per heavy atom. The van der Waals surface area contributed by atoms with Gasteiger partial charge in [-0.15, -0.1) is 0 Å². The van der Waals surface area contributed by atoms with E-state index < -0.39 is 24.1 Å². The van der Waals surface area contributed by atoms with Crippen LogP contribution in [0, 0.1) is 17.3 Å². The Morgan fingerprint density at radius 2 is 1.86 bits per heavy atom. The third-order valence-corrected chi connectivity index (χ3v) is 7.90. The van der Waals surface area contributed by atoms with Gasteiger partial charge < -0.3 is 38.0 Å². The van der Waals surface area contributed by atoms with Crippen molar-refractivity contribution in [1.29, 1.82) is 0 Å². The maximum Gasteiger partial charge on any atom is 0.163 e. The molecule has 2 fully saturated rings. The van der Waals surface area contributed by atoms with Crippen molar-refractivity contribution in [1.82, 2.24) is 0 Å². The van der Waals surface area contributed by atoms with Gasteiger partial charge in [0.05, 0.1) is 19.8 Å². The first-order valence-corrected chi connectivity index (χ1v) is 13.1. The Morgan fingerprint density at radius 3 is 2.36 bits per heavy atom. The fourth-order valence-electron chi connectivity index (χ4n) is 5.88. The Labute approximate surface area is 228 Å². The highest BCUT2D eigenvalue weighted by molar-refractivity contribution is 14.1. The number of rotatable bonds is 14. The molecule has 9 heteroatoms. The van der Waals surface area contributed by atoms with Gasteiger partial charge >= 0.3 is 0 Å². The molecule has 36 heavy (non-hydrogen) atoms. The number of ether oxygens (including phenoxy) is 7. The van der Waals surface area contributed by atoms with Crippen LogP contribution in [0.15, 0.2) is 33.9 Å². The average Bonchev–Trinajstić information content (AvgIpc) is 3.14. The van der Waals surface area contributed by atoms with E-state index in [2.05, 4.69) is 36.4 Å². The van der Waals surface area contributed by atoms with E-state index in [1.807, 2.05) is 37.3 Å². The molecule has 1 aliphatic heterocycles. The van der Waals surface area contributed by atoms with Gasteiger partial charge in [-0.05, 0) is 68.7 Å². The number of carbonyl (C=O) groups excluding carboxylic acids is 1. The molecular weight excluding hydrogens is 579 g/mol. The molecule has 0 aromatic heterocycles. The summed E-state index contributed by atoms with van der Waals surface area (Å²) in [6, 6.07) is 7.59. The van der Waals surface area contributed by atoms with Crippen molar-refractivity contribution in [2.24, 2.45) is 17.3 Å². The van der Waals surface area contributed by atoms with E-state index in [9.17, 15) is 4.79 Å². The summed E-state index contributed by atoms with van der Waals surface area (Å²) in [6.45, 7) is 6.59. The van der Waals surface area contributed by atoms with E-state index in [0.717, 1.165) is 27.6 Å². The van der Waals surface area contributed by atoms with Crippen LogP contribution in [0.3, 0.4) is 0 Å². The molecule has 2 aliphatic rings. The van der Waals surface area contributed by atoms with E-state index in [0.29, 0.717) is 0 Å². The smallest absolute Gasteiger partial charge is 0.163 e. The highest BCUT2D eigenvalue weighted by Gasteiger charge is 2.74. The van der Waals surface area contributed by atoms with Gasteiger partial charge in [0.1, 0.15) is 30.4 Å². The van der Waals surface area contributed by atoms with Gasteiger partial charge in [-0.3, -0.25) is 0 Å². The van der Waals surface area contributed by atoms with Gasteiger partial charge in [-0.2, -0.15) is 0 Å². The highest BCUT2D eigenvalue weighted by Crippen LogP contribution is 2.67. The van der Waals surface area contributed by atoms with Crippen molar-refractivity contribution in [2.75, 3.05) is 35.2 Å². The van der Waals surface area contributed by atoms with Crippen molar-refractivity contribution in [2.45, 2.75) is 64.0 Å². The molecule has 0 radical (unpaired) electrons. The van der Waals surface area contributed by atoms with Gasteiger partial charge in [-0.1, -0.05) is 26.0 Å². The topological polar surface area (TPSA) is 81.7 Å². The summed E-state index contributed by atoms with van der Waals surface area (Å²) in [5, 5.41) is 0. The zero-order valence-electron chi connectivity index (χ0n) is 22.2. The minimum absolute atomic E-state index is 0.0501. The molecule has 0 amide bonds. The lowest BCUT2D eigenvalue weighted by Gasteiger charge is -2.60. The number of benzene rings is 1. The van der Waals surface area contributed by atoms with Gasteiger partial charge in [0.2, 0.25) is 0 Å². The zero-order chi connectivity index (χ0) is 26.5. The van der Waals surface area contributed by atoms with Crippen LogP contribution in [0.5, 0.6) is 5.75 Å². The Balaban J connectivity index is 1.93. The molecule has 1 aromatic rings. The first-order chi connectivity index (χ1) is 17.2. The van der Waals surface area contributed by atoms with Crippen LogP contribution in [-0.2, 0) is 39.8 Å². The predicted octanol–water partition coefficient (Wildman–Crippen LogP) is 4.53. The molecule has 8 nitrogen and oxygen atoms in total. The summed E-state index contributed by atoms with van der Waals surface area (Å²) in [6.07, 6.45) is 1.55. The molecule has 1 aromatic carbocycles. The minimum atomic E-state index is -0.872. The van der Waals surface area contributed by atoms with E-state index in [4.69, 9.17) is 33.2 Å². The third-order valence-electron chi connectivity index (χ3n) is 7.54. The second-order valence-corrected chi connectivity index (χ2v) is 11.7. The van der Waals surface area contributed by atoms with E-state index in [-0.39, 0.29) is 36.8 Å². The summed E-state index contributed by atoms with van der Waals surface area (Å²) >= 11 is 2.26. The van der Waals surface area contributed by atoms with Crippen molar-refractivity contribution >= 4 is 28.9 Å². The van der Waals surface area contributed by atoms with Crippen LogP contribution < -0.4 is 4.74 Å². The van der Waals surface area contributed by atoms with Crippen LogP contribution >= 0.6 is 22.6 Å². The first kappa shape index (κ1) is 29.5. The largest absolute Gasteiger partial charge is 0.497 e. The molecule has 1 saturated carbocycles. The Bertz CT molecular complexity index is 884. The normalized spacial score (nSPS) is 29.7. The van der Waals surface area contributed by atoms with Crippen LogP contribution in [0.2, 0.25) is 0 Å². The summed E-state index contributed by atoms with van der Waals surface area (Å²) in [7, 11) is 6.49. The summed E-state index contributed by atoms with van der Waals surface area (Å²) in [5.74, 6) is 0.507. The molecule has 1 heterocycles. The van der Waals surface area contributed by atoms with E-state index >= 15 is 0 Å². The second-order valence-electron chi connectivity index (χ2n) is 9.99. The minimum Gasteiger partial charge on any atom is -0.497 e. The number of halogens is 1. The van der Waals surface area contributed by atoms with Crippen molar-refractivity contribution < 1.29 is 38.0 Å². The van der Waals surface area contributed by atoms with Crippen molar-refractivity contribution in [3.8, 4) is 5.75 Å². The number of fused-ring (bicyclic) bond motifs is 1. The van der Waals surface area contributed by atoms with Gasteiger partial charge in [0.25, 0.3) is 0 Å². The molecule has 0 spiro atoms. The number of allylic oxidation sites excluding steroid dienone is 1. The van der Waals surface area contributed by atoms with Gasteiger partial charge in [0, 0.05) is 33.2 Å². The second kappa shape index (κ2) is 12.6. The van der Waals surface area contributed by atoms with Crippen molar-refractivity contribution in [3.63, 3.8) is 0 Å². The lowest BCUT2D eigenvalue weighted by molar-refractivity contribution is -0.277. The maximum atomic E-state index is 12.5. The lowest BCUT2D eigenvalue weighted by Crippen LogP contribution is -2.69. The standard InChI is InChI=1S/C27H39IO8/c1-17(28)12-21(32-6)24(35-16-30-4)23-20-13-26(2,3)27(20,36-25(23)33-7)22(14-29)34-15-18-8-10-19(31-5)11-9-18/h8-12,14,20-25H,13,15-16H2,1-7H3/b17-12+/t20-,21-,22+,23+,24+,25-,27-/m0/s1. The van der Waals surface area contributed by atoms with E-state index in [1.165, 1.54) is 0 Å². The fraction of sp³-hybridized carbons (Fsp3) is 0.667. The molecular formula is C27H39IO8. The zero-order valence-corrected chi connectivity index (χ0v) is 24.4. The SMILES string of the molecule is COCO[C@@H]([C@@H]1[C@@H](OC)O[C@]2([C@@H](C=O)OCc3ccc(OC)cc3)[C@H]1CC2(C)C)[C@H](/C=C(\C)I)OC. The summed E-state index contributed by atoms with van der Waals surface area (Å²) in [5.41, 5.74) is -0.255. The molecule has 7 atom stereocenters. The molecule has 0 unspecified atom stereocenters. The third kappa shape index (κ3) is 5.67. The molecule has 0 N–H and O–H groups in total. The van der Waals surface area contributed by atoms with Crippen LogP contribution in [0.4, 0.5) is 0 Å². The van der Waals surface area contributed by atoms with Gasteiger partial charge in [-0.25, -0.2) is 0 Å². The monoisotopic (exact) mass is 618 g/mol. The predicted molar refractivity (Wildman–Crippen MR) is 143 cm³/mol. The van der Waals surface area contributed by atoms with Crippen LogP contribution in [0.1, 0.15) is 32.8 Å².